The predicted molar refractivity (Wildman–Crippen MR) is 90.5 cm³/mol. The third-order valence-electron chi connectivity index (χ3n) is 3.01. The van der Waals surface area contributed by atoms with Gasteiger partial charge >= 0.3 is 0 Å². The zero-order chi connectivity index (χ0) is 16.1. The Morgan fingerprint density at radius 2 is 1.86 bits per heavy atom. The van der Waals surface area contributed by atoms with Crippen LogP contribution in [0.3, 0.4) is 0 Å². The van der Waals surface area contributed by atoms with E-state index >= 15 is 0 Å². The van der Waals surface area contributed by atoms with E-state index in [1.54, 1.807) is 48.2 Å². The fourth-order valence-corrected chi connectivity index (χ4v) is 2.55. The second kappa shape index (κ2) is 7.33. The Hall–Kier alpha value is -1.98. The van der Waals surface area contributed by atoms with E-state index in [4.69, 9.17) is 17.3 Å². The molecular formula is C16H15ClN2O2S. The van der Waals surface area contributed by atoms with Crippen LogP contribution in [-0.4, -0.2) is 18.1 Å². The maximum Gasteiger partial charge on any atom is 0.257 e. The van der Waals surface area contributed by atoms with E-state index in [1.807, 2.05) is 12.3 Å². The van der Waals surface area contributed by atoms with Gasteiger partial charge in [0.15, 0.2) is 0 Å². The molecule has 4 nitrogen and oxygen atoms in total. The van der Waals surface area contributed by atoms with Gasteiger partial charge in [0, 0.05) is 10.6 Å². The molecule has 0 unspecified atom stereocenters. The highest BCUT2D eigenvalue weighted by Gasteiger charge is 2.11. The fourth-order valence-electron chi connectivity index (χ4n) is 1.91. The van der Waals surface area contributed by atoms with Crippen LogP contribution < -0.4 is 11.1 Å². The molecule has 0 aromatic heterocycles. The van der Waals surface area contributed by atoms with Crippen LogP contribution in [0, 0.1) is 0 Å². The van der Waals surface area contributed by atoms with E-state index in [9.17, 15) is 9.59 Å². The summed E-state index contributed by atoms with van der Waals surface area (Å²) in [4.78, 5) is 24.1. The Morgan fingerprint density at radius 3 is 2.45 bits per heavy atom. The molecule has 0 bridgehead atoms. The van der Waals surface area contributed by atoms with Gasteiger partial charge in [-0.15, -0.1) is 11.8 Å². The van der Waals surface area contributed by atoms with Gasteiger partial charge in [0.1, 0.15) is 0 Å². The number of carbonyl (C=O) groups excluding carboxylic acids is 2. The number of rotatable bonds is 5. The molecule has 2 rings (SSSR count). The highest BCUT2D eigenvalue weighted by molar-refractivity contribution is 7.98. The van der Waals surface area contributed by atoms with Crippen molar-refractivity contribution in [3.8, 4) is 0 Å². The highest BCUT2D eigenvalue weighted by Crippen LogP contribution is 2.24. The van der Waals surface area contributed by atoms with Gasteiger partial charge in [0.2, 0.25) is 5.91 Å². The molecule has 0 saturated carbocycles. The normalized spacial score (nSPS) is 10.3. The molecular weight excluding hydrogens is 320 g/mol. The van der Waals surface area contributed by atoms with Gasteiger partial charge in [0.25, 0.3) is 5.91 Å². The molecule has 114 valence electrons. The number of amides is 2. The first kappa shape index (κ1) is 16.4. The van der Waals surface area contributed by atoms with Crippen molar-refractivity contribution in [3.05, 3.63) is 58.6 Å². The smallest absolute Gasteiger partial charge is 0.257 e. The van der Waals surface area contributed by atoms with Gasteiger partial charge in [-0.05, 0) is 42.2 Å². The van der Waals surface area contributed by atoms with Gasteiger partial charge in [-0.1, -0.05) is 23.7 Å². The summed E-state index contributed by atoms with van der Waals surface area (Å²) in [5, 5.41) is 3.19. The first-order valence-electron chi connectivity index (χ1n) is 6.51. The number of hydrogen-bond donors (Lipinski definition) is 2. The average Bonchev–Trinajstić information content (AvgIpc) is 2.49. The second-order valence-electron chi connectivity index (χ2n) is 4.64. The van der Waals surface area contributed by atoms with Crippen LogP contribution in [0.2, 0.25) is 5.02 Å². The van der Waals surface area contributed by atoms with Crippen LogP contribution in [0.4, 0.5) is 5.69 Å². The summed E-state index contributed by atoms with van der Waals surface area (Å²) >= 11 is 7.62. The van der Waals surface area contributed by atoms with E-state index in [0.717, 1.165) is 10.5 Å². The van der Waals surface area contributed by atoms with Crippen molar-refractivity contribution in [2.75, 3.05) is 11.6 Å². The highest BCUT2D eigenvalue weighted by atomic mass is 35.5. The van der Waals surface area contributed by atoms with Crippen LogP contribution in [0.1, 0.15) is 15.9 Å². The molecule has 22 heavy (non-hydrogen) atoms. The Labute approximate surface area is 138 Å². The van der Waals surface area contributed by atoms with E-state index in [1.165, 1.54) is 0 Å². The molecule has 0 aliphatic rings. The minimum atomic E-state index is -0.391. The molecule has 0 fully saturated rings. The molecule has 0 atom stereocenters. The van der Waals surface area contributed by atoms with Gasteiger partial charge in [-0.2, -0.15) is 0 Å². The predicted octanol–water partition coefficient (Wildman–Crippen LogP) is 3.34. The van der Waals surface area contributed by atoms with Crippen molar-refractivity contribution in [1.29, 1.82) is 0 Å². The van der Waals surface area contributed by atoms with Crippen molar-refractivity contribution in [2.45, 2.75) is 11.3 Å². The van der Waals surface area contributed by atoms with Crippen LogP contribution in [0.15, 0.2) is 47.4 Å². The standard InChI is InChI=1S/C16H15ClN2O2S/c1-22-12-6-7-14(17)13(9-12)16(21)19-11-4-2-10(3-5-11)8-15(18)20/h2-7,9H,8H2,1H3,(H2,18,20)(H,19,21). The molecule has 0 radical (unpaired) electrons. The minimum absolute atomic E-state index is 0.176. The molecule has 3 N–H and O–H groups in total. The maximum absolute atomic E-state index is 12.3. The lowest BCUT2D eigenvalue weighted by atomic mass is 10.1. The van der Waals surface area contributed by atoms with Crippen molar-refractivity contribution in [1.82, 2.24) is 0 Å². The molecule has 0 aliphatic carbocycles. The number of carbonyl (C=O) groups is 2. The minimum Gasteiger partial charge on any atom is -0.369 e. The topological polar surface area (TPSA) is 72.2 Å². The fraction of sp³-hybridized carbons (Fsp3) is 0.125. The third-order valence-corrected chi connectivity index (χ3v) is 4.06. The first-order chi connectivity index (χ1) is 10.5. The number of thioether (sulfide) groups is 1. The summed E-state index contributed by atoms with van der Waals surface area (Å²) in [6.45, 7) is 0. The monoisotopic (exact) mass is 334 g/mol. The summed E-state index contributed by atoms with van der Waals surface area (Å²) in [6, 6.07) is 12.3. The van der Waals surface area contributed by atoms with Crippen LogP contribution in [-0.2, 0) is 11.2 Å². The molecule has 0 spiro atoms. The molecule has 2 amide bonds. The van der Waals surface area contributed by atoms with E-state index < -0.39 is 5.91 Å². The molecule has 6 heteroatoms. The Morgan fingerprint density at radius 1 is 1.18 bits per heavy atom. The maximum atomic E-state index is 12.3. The van der Waals surface area contributed by atoms with Crippen molar-refractivity contribution >= 4 is 40.9 Å². The number of anilines is 1. The number of primary amides is 1. The van der Waals surface area contributed by atoms with Crippen LogP contribution in [0.25, 0.3) is 0 Å². The second-order valence-corrected chi connectivity index (χ2v) is 5.93. The summed E-state index contributed by atoms with van der Waals surface area (Å²) in [5.41, 5.74) is 6.99. The summed E-state index contributed by atoms with van der Waals surface area (Å²) < 4.78 is 0. The SMILES string of the molecule is CSc1ccc(Cl)c(C(=O)Nc2ccc(CC(N)=O)cc2)c1. The Balaban J connectivity index is 2.13. The number of halogens is 1. The largest absolute Gasteiger partial charge is 0.369 e. The lowest BCUT2D eigenvalue weighted by Crippen LogP contribution is -2.14. The number of hydrogen-bond acceptors (Lipinski definition) is 3. The lowest BCUT2D eigenvalue weighted by molar-refractivity contribution is -0.117. The summed E-state index contributed by atoms with van der Waals surface area (Å²) in [6.07, 6.45) is 2.11. The van der Waals surface area contributed by atoms with Crippen molar-refractivity contribution in [3.63, 3.8) is 0 Å². The van der Waals surface area contributed by atoms with Gasteiger partial charge < -0.3 is 11.1 Å². The van der Waals surface area contributed by atoms with E-state index in [-0.39, 0.29) is 12.3 Å². The Kier molecular flexibility index (Phi) is 5.46. The number of nitrogens with two attached hydrogens (primary N) is 1. The quantitative estimate of drug-likeness (QED) is 0.824. The molecule has 2 aromatic rings. The van der Waals surface area contributed by atoms with Gasteiger partial charge in [-0.25, -0.2) is 0 Å². The zero-order valence-electron chi connectivity index (χ0n) is 11.9. The summed E-state index contributed by atoms with van der Waals surface area (Å²) in [7, 11) is 0. The molecule has 0 heterocycles. The summed E-state index contributed by atoms with van der Waals surface area (Å²) in [5.74, 6) is -0.666. The average molecular weight is 335 g/mol. The molecule has 0 aliphatic heterocycles. The Bertz CT molecular complexity index is 702. The van der Waals surface area contributed by atoms with Gasteiger partial charge in [0.05, 0.1) is 17.0 Å². The lowest BCUT2D eigenvalue weighted by Gasteiger charge is -2.08. The third kappa shape index (κ3) is 4.26. The van der Waals surface area contributed by atoms with Gasteiger partial charge in [-0.3, -0.25) is 9.59 Å². The molecule has 2 aromatic carbocycles. The number of benzene rings is 2. The van der Waals surface area contributed by atoms with Crippen molar-refractivity contribution < 1.29 is 9.59 Å². The molecule has 0 saturated heterocycles. The van der Waals surface area contributed by atoms with Crippen LogP contribution in [0.5, 0.6) is 0 Å². The number of nitrogens with one attached hydrogen (secondary N) is 1. The zero-order valence-corrected chi connectivity index (χ0v) is 13.5. The van der Waals surface area contributed by atoms with Crippen LogP contribution >= 0.6 is 23.4 Å². The van der Waals surface area contributed by atoms with E-state index in [2.05, 4.69) is 5.32 Å². The first-order valence-corrected chi connectivity index (χ1v) is 8.12. The van der Waals surface area contributed by atoms with E-state index in [0.29, 0.717) is 16.3 Å². The van der Waals surface area contributed by atoms with Crippen molar-refractivity contribution in [2.24, 2.45) is 5.73 Å².